The molecule has 0 bridgehead atoms. The summed E-state index contributed by atoms with van der Waals surface area (Å²) in [4.78, 5) is 0. The van der Waals surface area contributed by atoms with Crippen molar-refractivity contribution in [3.05, 3.63) is 42.1 Å². The minimum absolute atomic E-state index is 0.0477. The van der Waals surface area contributed by atoms with E-state index in [1.165, 1.54) is 10.7 Å². The predicted molar refractivity (Wildman–Crippen MR) is 72.1 cm³/mol. The predicted octanol–water partition coefficient (Wildman–Crippen LogP) is 1.38. The van der Waals surface area contributed by atoms with Crippen LogP contribution in [-0.4, -0.2) is 19.1 Å². The van der Waals surface area contributed by atoms with E-state index in [2.05, 4.69) is 5.10 Å². The lowest BCUT2D eigenvalue weighted by Crippen LogP contribution is -2.20. The Bertz CT molecular complexity index is 684. The molecule has 0 aliphatic carbocycles. The van der Waals surface area contributed by atoms with Gasteiger partial charge in [-0.2, -0.15) is 5.10 Å². The smallest absolute Gasteiger partial charge is 0.172 e. The molecule has 4 N–H and O–H groups in total. The van der Waals surface area contributed by atoms with Gasteiger partial charge < -0.3 is 5.11 Å². The first kappa shape index (κ1) is 13.7. The fourth-order valence-corrected chi connectivity index (χ4v) is 2.20. The molecule has 2 aromatic rings. The van der Waals surface area contributed by atoms with E-state index in [1.807, 2.05) is 18.2 Å². The van der Waals surface area contributed by atoms with Crippen LogP contribution in [-0.2, 0) is 15.5 Å². The third kappa shape index (κ3) is 2.83. The number of rotatable bonds is 3. The zero-order chi connectivity index (χ0) is 14.3. The number of nitrogens with zero attached hydrogens (tertiary/aromatic N) is 2. The molecule has 1 unspecified atom stereocenters. The van der Waals surface area contributed by atoms with Gasteiger partial charge in [-0.15, -0.1) is 0 Å². The molecule has 6 nitrogen and oxygen atoms in total. The molecule has 2 rings (SSSR count). The van der Waals surface area contributed by atoms with Crippen LogP contribution in [0.1, 0.15) is 19.5 Å². The molecule has 1 aromatic carbocycles. The van der Waals surface area contributed by atoms with Crippen LogP contribution in [0.2, 0.25) is 0 Å². The largest absolute Gasteiger partial charge is 0.384 e. The molecule has 1 heterocycles. The monoisotopic (exact) mass is 280 g/mol. The maximum Gasteiger partial charge on any atom is 0.172 e. The van der Waals surface area contributed by atoms with Crippen molar-refractivity contribution >= 4 is 9.92 Å². The first-order valence-electron chi connectivity index (χ1n) is 5.64. The Morgan fingerprint density at radius 1 is 1.37 bits per heavy atom. The summed E-state index contributed by atoms with van der Waals surface area (Å²) in [6.45, 7) is 3.19. The van der Waals surface area contributed by atoms with Gasteiger partial charge in [-0.1, -0.05) is 18.2 Å². The van der Waals surface area contributed by atoms with Crippen molar-refractivity contribution in [3.63, 3.8) is 0 Å². The Morgan fingerprint density at radius 2 is 1.95 bits per heavy atom. The SMILES string of the molecule is CC(C)(O)c1cc(S(=N)(N)=O)nn1-c1ccccc1. The molecule has 7 heteroatoms. The Balaban J connectivity index is 2.70. The fraction of sp³-hybridized carbons (Fsp3) is 0.250. The Labute approximate surface area is 112 Å². The maximum absolute atomic E-state index is 11.6. The van der Waals surface area contributed by atoms with Gasteiger partial charge in [-0.3, -0.25) is 0 Å². The summed E-state index contributed by atoms with van der Waals surface area (Å²) in [6.07, 6.45) is 0. The zero-order valence-electron chi connectivity index (χ0n) is 10.7. The lowest BCUT2D eigenvalue weighted by atomic mass is 10.1. The second kappa shape index (κ2) is 4.44. The summed E-state index contributed by atoms with van der Waals surface area (Å²) in [5.41, 5.74) is -0.0557. The number of benzene rings is 1. The highest BCUT2D eigenvalue weighted by molar-refractivity contribution is 7.90. The van der Waals surface area contributed by atoms with Gasteiger partial charge in [0.2, 0.25) is 0 Å². The van der Waals surface area contributed by atoms with Crippen LogP contribution < -0.4 is 5.14 Å². The quantitative estimate of drug-likeness (QED) is 0.790. The summed E-state index contributed by atoms with van der Waals surface area (Å²) in [6, 6.07) is 10.5. The average molecular weight is 280 g/mol. The van der Waals surface area contributed by atoms with Gasteiger partial charge in [0, 0.05) is 6.07 Å². The summed E-state index contributed by atoms with van der Waals surface area (Å²) in [5, 5.41) is 19.5. The van der Waals surface area contributed by atoms with Gasteiger partial charge >= 0.3 is 0 Å². The molecule has 0 saturated heterocycles. The molecule has 0 amide bonds. The van der Waals surface area contributed by atoms with Crippen molar-refractivity contribution in [1.82, 2.24) is 9.78 Å². The van der Waals surface area contributed by atoms with Crippen molar-refractivity contribution in [3.8, 4) is 5.69 Å². The topological polar surface area (TPSA) is 105 Å². The zero-order valence-corrected chi connectivity index (χ0v) is 11.5. The Morgan fingerprint density at radius 3 is 2.42 bits per heavy atom. The number of hydrogen-bond acceptors (Lipinski definition) is 4. The highest BCUT2D eigenvalue weighted by Crippen LogP contribution is 2.25. The van der Waals surface area contributed by atoms with Gasteiger partial charge in [-0.05, 0) is 26.0 Å². The van der Waals surface area contributed by atoms with Gasteiger partial charge in [0.25, 0.3) is 0 Å². The number of aromatic nitrogens is 2. The van der Waals surface area contributed by atoms with E-state index in [9.17, 15) is 9.32 Å². The maximum atomic E-state index is 11.6. The van der Waals surface area contributed by atoms with Crippen LogP contribution in [0.25, 0.3) is 5.69 Å². The van der Waals surface area contributed by atoms with Crippen molar-refractivity contribution in [2.45, 2.75) is 24.5 Å². The normalized spacial score (nSPS) is 15.2. The third-order valence-electron chi connectivity index (χ3n) is 2.63. The van der Waals surface area contributed by atoms with Crippen LogP contribution in [0.5, 0.6) is 0 Å². The van der Waals surface area contributed by atoms with Crippen LogP contribution >= 0.6 is 0 Å². The van der Waals surface area contributed by atoms with E-state index < -0.39 is 15.5 Å². The minimum atomic E-state index is -3.42. The van der Waals surface area contributed by atoms with Gasteiger partial charge in [-0.25, -0.2) is 18.8 Å². The van der Waals surface area contributed by atoms with E-state index in [4.69, 9.17) is 9.92 Å². The summed E-state index contributed by atoms with van der Waals surface area (Å²) in [7, 11) is -3.42. The van der Waals surface area contributed by atoms with Crippen LogP contribution in [0.4, 0.5) is 0 Å². The first-order chi connectivity index (χ1) is 8.69. The molecule has 1 atom stereocenters. The molecule has 0 fully saturated rings. The van der Waals surface area contributed by atoms with E-state index in [-0.39, 0.29) is 5.03 Å². The molecule has 1 aromatic heterocycles. The number of hydrogen-bond donors (Lipinski definition) is 3. The van der Waals surface area contributed by atoms with Crippen LogP contribution in [0.3, 0.4) is 0 Å². The summed E-state index contributed by atoms with van der Waals surface area (Å²) >= 11 is 0. The molecule has 0 spiro atoms. The van der Waals surface area contributed by atoms with E-state index in [1.54, 1.807) is 26.0 Å². The molecule has 19 heavy (non-hydrogen) atoms. The van der Waals surface area contributed by atoms with Crippen LogP contribution in [0.15, 0.2) is 41.4 Å². The minimum Gasteiger partial charge on any atom is -0.384 e. The number of para-hydroxylation sites is 1. The standard InChI is InChI=1S/C12H16N4O2S/c1-12(2,17)10-8-11(19(13,14)18)15-16(10)9-6-4-3-5-7-9/h3-8,17H,1-2H3,(H3,13,14,18). The Kier molecular flexibility index (Phi) is 3.21. The molecule has 0 aliphatic heterocycles. The molecule has 0 saturated carbocycles. The van der Waals surface area contributed by atoms with E-state index >= 15 is 0 Å². The van der Waals surface area contributed by atoms with Gasteiger partial charge in [0.1, 0.15) is 5.60 Å². The number of nitrogens with two attached hydrogens (primary N) is 1. The number of nitrogens with one attached hydrogen (secondary N) is 1. The van der Waals surface area contributed by atoms with Crippen molar-refractivity contribution < 1.29 is 9.32 Å². The second-order valence-corrected chi connectivity index (χ2v) is 6.39. The second-order valence-electron chi connectivity index (χ2n) is 4.77. The molecular weight excluding hydrogens is 264 g/mol. The molecule has 0 aliphatic rings. The molecular formula is C12H16N4O2S. The highest BCUT2D eigenvalue weighted by atomic mass is 32.2. The number of aliphatic hydroxyl groups is 1. The first-order valence-corrected chi connectivity index (χ1v) is 7.26. The summed E-state index contributed by atoms with van der Waals surface area (Å²) in [5.74, 6) is 0. The van der Waals surface area contributed by atoms with Gasteiger partial charge in [0.05, 0.1) is 11.4 Å². The summed E-state index contributed by atoms with van der Waals surface area (Å²) < 4.78 is 20.5. The lowest BCUT2D eigenvalue weighted by molar-refractivity contribution is 0.0711. The van der Waals surface area contributed by atoms with Crippen molar-refractivity contribution in [2.24, 2.45) is 5.14 Å². The van der Waals surface area contributed by atoms with Gasteiger partial charge in [0.15, 0.2) is 14.9 Å². The average Bonchev–Trinajstić information content (AvgIpc) is 2.74. The van der Waals surface area contributed by atoms with Crippen molar-refractivity contribution in [2.75, 3.05) is 0 Å². The van der Waals surface area contributed by atoms with Crippen molar-refractivity contribution in [1.29, 1.82) is 4.78 Å². The van der Waals surface area contributed by atoms with E-state index in [0.717, 1.165) is 0 Å². The lowest BCUT2D eigenvalue weighted by Gasteiger charge is -2.18. The van der Waals surface area contributed by atoms with Crippen LogP contribution in [0, 0.1) is 4.78 Å². The molecule has 0 radical (unpaired) electrons. The Hall–Kier alpha value is -1.70. The van der Waals surface area contributed by atoms with E-state index in [0.29, 0.717) is 11.4 Å². The molecule has 102 valence electrons. The third-order valence-corrected chi connectivity index (χ3v) is 3.45. The highest BCUT2D eigenvalue weighted by Gasteiger charge is 2.25. The fourth-order valence-electron chi connectivity index (χ4n) is 1.71.